The average Bonchev–Trinajstić information content (AvgIpc) is 2.79. The van der Waals surface area contributed by atoms with Crippen molar-refractivity contribution >= 4 is 23.6 Å². The standard InChI is InChI=1S/C21H25N5O2/c27-21(9-6-18-4-2-1-3-5-18)26-12-10-24(11-13-26)19-7-8-20(23-22-19)25-14-16-28-17-15-25/h1-9H,10-17H2/b9-6+. The summed E-state index contributed by atoms with van der Waals surface area (Å²) < 4.78 is 5.38. The SMILES string of the molecule is O=C(/C=C/c1ccccc1)N1CCN(c2ccc(N3CCOCC3)nn2)CC1. The van der Waals surface area contributed by atoms with Gasteiger partial charge in [0.15, 0.2) is 11.6 Å². The molecule has 2 aliphatic rings. The van der Waals surface area contributed by atoms with Gasteiger partial charge in [0.25, 0.3) is 0 Å². The second-order valence-electron chi connectivity index (χ2n) is 6.91. The van der Waals surface area contributed by atoms with Gasteiger partial charge in [-0.2, -0.15) is 0 Å². The summed E-state index contributed by atoms with van der Waals surface area (Å²) in [5, 5.41) is 8.78. The fourth-order valence-electron chi connectivity index (χ4n) is 3.44. The Bertz CT molecular complexity index is 795. The summed E-state index contributed by atoms with van der Waals surface area (Å²) in [7, 11) is 0. The zero-order chi connectivity index (χ0) is 19.2. The van der Waals surface area contributed by atoms with Gasteiger partial charge in [0.05, 0.1) is 13.2 Å². The fourth-order valence-corrected chi connectivity index (χ4v) is 3.44. The first-order valence-electron chi connectivity index (χ1n) is 9.73. The highest BCUT2D eigenvalue weighted by atomic mass is 16.5. The van der Waals surface area contributed by atoms with Gasteiger partial charge in [-0.25, -0.2) is 0 Å². The highest BCUT2D eigenvalue weighted by Gasteiger charge is 2.21. The van der Waals surface area contributed by atoms with Gasteiger partial charge in [-0.15, -0.1) is 10.2 Å². The molecule has 0 aliphatic carbocycles. The molecule has 3 heterocycles. The van der Waals surface area contributed by atoms with E-state index in [0.717, 1.165) is 56.6 Å². The highest BCUT2D eigenvalue weighted by molar-refractivity contribution is 5.91. The first-order chi connectivity index (χ1) is 13.8. The van der Waals surface area contributed by atoms with Crippen molar-refractivity contribution in [3.05, 3.63) is 54.1 Å². The van der Waals surface area contributed by atoms with Crippen LogP contribution in [-0.4, -0.2) is 73.5 Å². The third-order valence-electron chi connectivity index (χ3n) is 5.10. The molecule has 2 aromatic rings. The molecule has 2 aliphatic heterocycles. The van der Waals surface area contributed by atoms with Crippen molar-refractivity contribution in [2.45, 2.75) is 0 Å². The van der Waals surface area contributed by atoms with E-state index < -0.39 is 0 Å². The predicted molar refractivity (Wildman–Crippen MR) is 109 cm³/mol. The molecule has 0 N–H and O–H groups in total. The van der Waals surface area contributed by atoms with E-state index in [1.165, 1.54) is 0 Å². The number of carbonyl (C=O) groups is 1. The van der Waals surface area contributed by atoms with Crippen molar-refractivity contribution in [2.75, 3.05) is 62.3 Å². The molecule has 1 aromatic heterocycles. The lowest BCUT2D eigenvalue weighted by Crippen LogP contribution is -2.48. The maximum absolute atomic E-state index is 12.4. The van der Waals surface area contributed by atoms with Crippen LogP contribution in [0.25, 0.3) is 6.08 Å². The van der Waals surface area contributed by atoms with E-state index in [1.54, 1.807) is 6.08 Å². The number of piperazine rings is 1. The Balaban J connectivity index is 1.30. The van der Waals surface area contributed by atoms with Gasteiger partial charge >= 0.3 is 0 Å². The van der Waals surface area contributed by atoms with Crippen molar-refractivity contribution in [1.82, 2.24) is 15.1 Å². The van der Waals surface area contributed by atoms with Crippen molar-refractivity contribution in [3.8, 4) is 0 Å². The lowest BCUT2D eigenvalue weighted by molar-refractivity contribution is -0.126. The summed E-state index contributed by atoms with van der Waals surface area (Å²) in [6, 6.07) is 13.9. The molecule has 1 aromatic carbocycles. The molecule has 4 rings (SSSR count). The Morgan fingerprint density at radius 3 is 2.04 bits per heavy atom. The summed E-state index contributed by atoms with van der Waals surface area (Å²) in [6.45, 7) is 6.07. The third-order valence-corrected chi connectivity index (χ3v) is 5.10. The molecule has 0 unspecified atom stereocenters. The first kappa shape index (κ1) is 18.4. The molecule has 7 heteroatoms. The van der Waals surface area contributed by atoms with Crippen molar-refractivity contribution in [1.29, 1.82) is 0 Å². The molecule has 0 saturated carbocycles. The number of anilines is 2. The van der Waals surface area contributed by atoms with Crippen LogP contribution >= 0.6 is 0 Å². The minimum atomic E-state index is 0.0530. The Labute approximate surface area is 165 Å². The van der Waals surface area contributed by atoms with Crippen LogP contribution in [-0.2, 0) is 9.53 Å². The number of ether oxygens (including phenoxy) is 1. The van der Waals surface area contributed by atoms with Gasteiger partial charge in [0.2, 0.25) is 5.91 Å². The zero-order valence-corrected chi connectivity index (χ0v) is 15.9. The number of nitrogens with zero attached hydrogens (tertiary/aromatic N) is 5. The lowest BCUT2D eigenvalue weighted by atomic mass is 10.2. The van der Waals surface area contributed by atoms with E-state index in [9.17, 15) is 4.79 Å². The van der Waals surface area contributed by atoms with Crippen molar-refractivity contribution < 1.29 is 9.53 Å². The summed E-state index contributed by atoms with van der Waals surface area (Å²) in [6.07, 6.45) is 3.52. The van der Waals surface area contributed by atoms with Crippen LogP contribution in [0, 0.1) is 0 Å². The van der Waals surface area contributed by atoms with Crippen LogP contribution in [0.3, 0.4) is 0 Å². The quantitative estimate of drug-likeness (QED) is 0.754. The van der Waals surface area contributed by atoms with Gasteiger partial charge in [-0.3, -0.25) is 4.79 Å². The fraction of sp³-hybridized carbons (Fsp3) is 0.381. The Kier molecular flexibility index (Phi) is 5.82. The van der Waals surface area contributed by atoms with Crippen LogP contribution < -0.4 is 9.80 Å². The molecule has 0 spiro atoms. The van der Waals surface area contributed by atoms with Crippen LogP contribution in [0.15, 0.2) is 48.5 Å². The minimum absolute atomic E-state index is 0.0530. The smallest absolute Gasteiger partial charge is 0.246 e. The third kappa shape index (κ3) is 4.48. The Morgan fingerprint density at radius 2 is 1.43 bits per heavy atom. The zero-order valence-electron chi connectivity index (χ0n) is 15.9. The normalized spacial score (nSPS) is 17.9. The molecule has 2 fully saturated rings. The summed E-state index contributed by atoms with van der Waals surface area (Å²) in [5.74, 6) is 1.81. The molecule has 0 radical (unpaired) electrons. The number of hydrogen-bond acceptors (Lipinski definition) is 6. The van der Waals surface area contributed by atoms with Gasteiger partial charge in [-0.05, 0) is 23.8 Å². The molecular weight excluding hydrogens is 354 g/mol. The van der Waals surface area contributed by atoms with Gasteiger partial charge in [0.1, 0.15) is 0 Å². The second kappa shape index (κ2) is 8.84. The second-order valence-corrected chi connectivity index (χ2v) is 6.91. The number of carbonyl (C=O) groups excluding carboxylic acids is 1. The van der Waals surface area contributed by atoms with E-state index in [-0.39, 0.29) is 5.91 Å². The molecule has 1 amide bonds. The highest BCUT2D eigenvalue weighted by Crippen LogP contribution is 2.17. The first-order valence-corrected chi connectivity index (χ1v) is 9.73. The van der Waals surface area contributed by atoms with Crippen LogP contribution in [0.2, 0.25) is 0 Å². The van der Waals surface area contributed by atoms with Crippen LogP contribution in [0.1, 0.15) is 5.56 Å². The number of rotatable bonds is 4. The largest absolute Gasteiger partial charge is 0.378 e. The molecule has 2 saturated heterocycles. The molecule has 146 valence electrons. The van der Waals surface area contributed by atoms with E-state index in [1.807, 2.05) is 53.4 Å². The summed E-state index contributed by atoms with van der Waals surface area (Å²) >= 11 is 0. The molecule has 7 nitrogen and oxygen atoms in total. The number of amides is 1. The van der Waals surface area contributed by atoms with Gasteiger partial charge in [0, 0.05) is 45.3 Å². The number of aromatic nitrogens is 2. The predicted octanol–water partition coefficient (Wildman–Crippen LogP) is 1.68. The van der Waals surface area contributed by atoms with E-state index in [2.05, 4.69) is 20.0 Å². The van der Waals surface area contributed by atoms with Gasteiger partial charge in [-0.1, -0.05) is 30.3 Å². The maximum Gasteiger partial charge on any atom is 0.246 e. The summed E-state index contributed by atoms with van der Waals surface area (Å²) in [5.41, 5.74) is 1.03. The van der Waals surface area contributed by atoms with Crippen LogP contribution in [0.4, 0.5) is 11.6 Å². The van der Waals surface area contributed by atoms with Crippen LogP contribution in [0.5, 0.6) is 0 Å². The number of hydrogen-bond donors (Lipinski definition) is 0. The van der Waals surface area contributed by atoms with Gasteiger partial charge < -0.3 is 19.4 Å². The molecule has 28 heavy (non-hydrogen) atoms. The monoisotopic (exact) mass is 379 g/mol. The molecule has 0 atom stereocenters. The topological polar surface area (TPSA) is 61.8 Å². The van der Waals surface area contributed by atoms with Crippen molar-refractivity contribution in [2.24, 2.45) is 0 Å². The minimum Gasteiger partial charge on any atom is -0.378 e. The lowest BCUT2D eigenvalue weighted by Gasteiger charge is -2.35. The maximum atomic E-state index is 12.4. The average molecular weight is 379 g/mol. The Morgan fingerprint density at radius 1 is 0.821 bits per heavy atom. The number of benzene rings is 1. The van der Waals surface area contributed by atoms with E-state index in [0.29, 0.717) is 13.1 Å². The number of morpholine rings is 1. The molecule has 0 bridgehead atoms. The van der Waals surface area contributed by atoms with E-state index >= 15 is 0 Å². The molecular formula is C21H25N5O2. The Hall–Kier alpha value is -2.93. The van der Waals surface area contributed by atoms with Crippen molar-refractivity contribution in [3.63, 3.8) is 0 Å². The summed E-state index contributed by atoms with van der Waals surface area (Å²) in [4.78, 5) is 18.7. The van der Waals surface area contributed by atoms with E-state index in [4.69, 9.17) is 4.74 Å².